The van der Waals surface area contributed by atoms with Crippen molar-refractivity contribution in [2.75, 3.05) is 6.61 Å². The molecule has 3 fully saturated rings. The first-order valence-electron chi connectivity index (χ1n) is 14.7. The fraction of sp³-hybridized carbons (Fsp3) is 0.750. The average Bonchev–Trinajstić information content (AvgIpc) is 2.87. The van der Waals surface area contributed by atoms with Gasteiger partial charge < -0.3 is 4.74 Å². The Kier molecular flexibility index (Phi) is 9.95. The maximum atomic E-state index is 14.5. The highest BCUT2D eigenvalue weighted by Gasteiger charge is 2.38. The van der Waals surface area contributed by atoms with Gasteiger partial charge >= 0.3 is 0 Å². The van der Waals surface area contributed by atoms with E-state index in [1.807, 2.05) is 25.1 Å². The zero-order chi connectivity index (χ0) is 23.8. The fourth-order valence-corrected chi connectivity index (χ4v) is 7.62. The van der Waals surface area contributed by atoms with Crippen molar-refractivity contribution in [2.45, 2.75) is 116 Å². The van der Waals surface area contributed by atoms with E-state index in [-0.39, 0.29) is 5.82 Å². The fourth-order valence-electron chi connectivity index (χ4n) is 7.62. The molecule has 0 saturated heterocycles. The van der Waals surface area contributed by atoms with E-state index in [4.69, 9.17) is 4.74 Å². The Morgan fingerprint density at radius 1 is 0.853 bits per heavy atom. The molecule has 34 heavy (non-hydrogen) atoms. The van der Waals surface area contributed by atoms with Gasteiger partial charge in [-0.2, -0.15) is 0 Å². The number of allylic oxidation sites excluding steroid dienone is 1. The lowest BCUT2D eigenvalue weighted by atomic mass is 9.60. The van der Waals surface area contributed by atoms with Gasteiger partial charge in [0, 0.05) is 0 Å². The van der Waals surface area contributed by atoms with Crippen LogP contribution in [0, 0.1) is 35.4 Å². The van der Waals surface area contributed by atoms with E-state index in [2.05, 4.69) is 13.0 Å². The van der Waals surface area contributed by atoms with E-state index < -0.39 is 0 Å². The van der Waals surface area contributed by atoms with Crippen molar-refractivity contribution in [1.82, 2.24) is 0 Å². The second-order valence-corrected chi connectivity index (χ2v) is 11.8. The quantitative estimate of drug-likeness (QED) is 0.245. The molecule has 0 aliphatic heterocycles. The lowest BCUT2D eigenvalue weighted by Gasteiger charge is -2.45. The van der Waals surface area contributed by atoms with Gasteiger partial charge in [0.05, 0.1) is 0 Å². The summed E-state index contributed by atoms with van der Waals surface area (Å²) in [5.74, 6) is 5.66. The SMILES string of the molecule is C/C=C/COc1ccc(C2CCC(C3CCC4CC(CCCCCC)CCC4C3)CC2)cc1F. The van der Waals surface area contributed by atoms with Crippen LogP contribution in [0.25, 0.3) is 0 Å². The molecule has 3 aliphatic carbocycles. The van der Waals surface area contributed by atoms with Gasteiger partial charge in [-0.05, 0) is 118 Å². The largest absolute Gasteiger partial charge is 0.486 e. The van der Waals surface area contributed by atoms with Crippen LogP contribution in [0.3, 0.4) is 0 Å². The summed E-state index contributed by atoms with van der Waals surface area (Å²) in [6, 6.07) is 5.68. The monoisotopic (exact) mass is 468 g/mol. The van der Waals surface area contributed by atoms with Gasteiger partial charge in [0.15, 0.2) is 11.6 Å². The number of ether oxygens (including phenoxy) is 1. The van der Waals surface area contributed by atoms with Gasteiger partial charge in [0.1, 0.15) is 6.61 Å². The van der Waals surface area contributed by atoms with Crippen LogP contribution in [0.1, 0.15) is 122 Å². The van der Waals surface area contributed by atoms with Gasteiger partial charge in [0.2, 0.25) is 0 Å². The van der Waals surface area contributed by atoms with Crippen molar-refractivity contribution in [1.29, 1.82) is 0 Å². The Hall–Kier alpha value is -1.31. The molecule has 1 aromatic carbocycles. The second-order valence-electron chi connectivity index (χ2n) is 11.8. The summed E-state index contributed by atoms with van der Waals surface area (Å²) in [6.45, 7) is 4.70. The Balaban J connectivity index is 1.21. The molecule has 0 spiro atoms. The summed E-state index contributed by atoms with van der Waals surface area (Å²) >= 11 is 0. The van der Waals surface area contributed by atoms with Crippen molar-refractivity contribution in [2.24, 2.45) is 29.6 Å². The molecule has 1 nitrogen and oxygen atoms in total. The van der Waals surface area contributed by atoms with Crippen LogP contribution >= 0.6 is 0 Å². The van der Waals surface area contributed by atoms with Gasteiger partial charge in [-0.25, -0.2) is 4.39 Å². The molecule has 0 bridgehead atoms. The van der Waals surface area contributed by atoms with Crippen molar-refractivity contribution in [3.63, 3.8) is 0 Å². The van der Waals surface area contributed by atoms with Crippen LogP contribution in [-0.4, -0.2) is 6.61 Å². The molecule has 0 radical (unpaired) electrons. The van der Waals surface area contributed by atoms with Gasteiger partial charge in [-0.1, -0.05) is 63.7 Å². The first-order chi connectivity index (χ1) is 16.7. The third-order valence-corrected chi connectivity index (χ3v) is 9.66. The van der Waals surface area contributed by atoms with Crippen LogP contribution in [0.15, 0.2) is 30.4 Å². The smallest absolute Gasteiger partial charge is 0.165 e. The molecular weight excluding hydrogens is 419 g/mol. The first kappa shape index (κ1) is 25.8. The van der Waals surface area contributed by atoms with E-state index in [9.17, 15) is 4.39 Å². The van der Waals surface area contributed by atoms with Gasteiger partial charge in [-0.3, -0.25) is 0 Å². The zero-order valence-corrected chi connectivity index (χ0v) is 22.0. The zero-order valence-electron chi connectivity index (χ0n) is 22.0. The average molecular weight is 469 g/mol. The van der Waals surface area contributed by atoms with Crippen molar-refractivity contribution in [3.8, 4) is 5.75 Å². The highest BCUT2D eigenvalue weighted by Crippen LogP contribution is 2.50. The molecule has 0 amide bonds. The molecule has 0 N–H and O–H groups in total. The lowest BCUT2D eigenvalue weighted by Crippen LogP contribution is -2.34. The normalized spacial score (nSPS) is 32.0. The minimum absolute atomic E-state index is 0.205. The van der Waals surface area contributed by atoms with Gasteiger partial charge in [0.25, 0.3) is 0 Å². The number of rotatable bonds is 10. The number of benzene rings is 1. The number of hydrogen-bond acceptors (Lipinski definition) is 1. The minimum Gasteiger partial charge on any atom is -0.486 e. The predicted molar refractivity (Wildman–Crippen MR) is 142 cm³/mol. The topological polar surface area (TPSA) is 9.23 Å². The van der Waals surface area contributed by atoms with Crippen molar-refractivity contribution in [3.05, 3.63) is 41.7 Å². The molecular formula is C32H49FO. The molecule has 4 rings (SSSR count). The predicted octanol–water partition coefficient (Wildman–Crippen LogP) is 9.86. The van der Waals surface area contributed by atoms with Crippen LogP contribution < -0.4 is 4.74 Å². The molecule has 0 heterocycles. The number of unbranched alkanes of at least 4 members (excludes halogenated alkanes) is 3. The van der Waals surface area contributed by atoms with E-state index >= 15 is 0 Å². The maximum Gasteiger partial charge on any atom is 0.165 e. The highest BCUT2D eigenvalue weighted by molar-refractivity contribution is 5.31. The van der Waals surface area contributed by atoms with Crippen LogP contribution in [0.2, 0.25) is 0 Å². The summed E-state index contributed by atoms with van der Waals surface area (Å²) in [5.41, 5.74) is 1.18. The summed E-state index contributed by atoms with van der Waals surface area (Å²) in [4.78, 5) is 0. The maximum absolute atomic E-state index is 14.5. The lowest BCUT2D eigenvalue weighted by molar-refractivity contribution is 0.0613. The number of halogens is 1. The second kappa shape index (κ2) is 13.1. The molecule has 2 heteroatoms. The Morgan fingerprint density at radius 2 is 1.56 bits per heavy atom. The van der Waals surface area contributed by atoms with Crippen molar-refractivity contribution >= 4 is 0 Å². The van der Waals surface area contributed by atoms with E-state index in [0.717, 1.165) is 29.6 Å². The molecule has 4 atom stereocenters. The number of hydrogen-bond donors (Lipinski definition) is 0. The molecule has 0 aromatic heterocycles. The van der Waals surface area contributed by atoms with Crippen LogP contribution in [-0.2, 0) is 0 Å². The summed E-state index contributed by atoms with van der Waals surface area (Å²) in [6.07, 6.45) is 25.2. The standard InChI is InChI=1S/C32H49FO/c1-3-5-7-8-9-24-10-11-29-22-28(17-16-27(29)21-24)25-12-14-26(15-13-25)30-18-19-32(31(33)23-30)34-20-6-4-2/h4,6,18-19,23-29H,3,5,7-17,20-22H2,1-2H3/b6-4+. The first-order valence-corrected chi connectivity index (χ1v) is 14.7. The van der Waals surface area contributed by atoms with E-state index in [0.29, 0.717) is 18.3 Å². The molecule has 1 aromatic rings. The molecule has 190 valence electrons. The third-order valence-electron chi connectivity index (χ3n) is 9.66. The molecule has 3 saturated carbocycles. The van der Waals surface area contributed by atoms with Gasteiger partial charge in [-0.15, -0.1) is 0 Å². The Morgan fingerprint density at radius 3 is 2.29 bits per heavy atom. The third kappa shape index (κ3) is 6.88. The minimum atomic E-state index is -0.205. The van der Waals surface area contributed by atoms with Crippen LogP contribution in [0.5, 0.6) is 5.75 Å². The number of fused-ring (bicyclic) bond motifs is 1. The summed E-state index contributed by atoms with van der Waals surface area (Å²) in [7, 11) is 0. The Labute approximate surface area is 208 Å². The summed E-state index contributed by atoms with van der Waals surface area (Å²) in [5, 5.41) is 0. The molecule has 3 aliphatic rings. The highest BCUT2D eigenvalue weighted by atomic mass is 19.1. The van der Waals surface area contributed by atoms with Crippen molar-refractivity contribution < 1.29 is 9.13 Å². The van der Waals surface area contributed by atoms with E-state index in [1.54, 1.807) is 6.07 Å². The summed E-state index contributed by atoms with van der Waals surface area (Å²) < 4.78 is 20.1. The Bertz CT molecular complexity index is 762. The molecule has 4 unspecified atom stereocenters. The van der Waals surface area contributed by atoms with E-state index in [1.165, 1.54) is 102 Å². The van der Waals surface area contributed by atoms with Crippen LogP contribution in [0.4, 0.5) is 4.39 Å².